The summed E-state index contributed by atoms with van der Waals surface area (Å²) in [5.41, 5.74) is 1.62. The summed E-state index contributed by atoms with van der Waals surface area (Å²) < 4.78 is 24.6. The maximum absolute atomic E-state index is 13.8. The largest absolute Gasteiger partial charge is 0.467 e. The summed E-state index contributed by atoms with van der Waals surface area (Å²) in [6, 6.07) is 7.19. The van der Waals surface area contributed by atoms with Crippen LogP contribution in [-0.4, -0.2) is 32.4 Å². The van der Waals surface area contributed by atoms with Gasteiger partial charge in [0.05, 0.1) is 6.61 Å². The van der Waals surface area contributed by atoms with E-state index in [2.05, 4.69) is 33.1 Å². The Balaban J connectivity index is 0.00000261. The smallest absolute Gasteiger partial charge is 0.191 e. The van der Waals surface area contributed by atoms with Crippen LogP contribution in [0.2, 0.25) is 0 Å². The highest BCUT2D eigenvalue weighted by Gasteiger charge is 2.16. The molecule has 2 aromatic rings. The van der Waals surface area contributed by atoms with Crippen molar-refractivity contribution >= 4 is 41.3 Å². The predicted molar refractivity (Wildman–Crippen MR) is 118 cm³/mol. The van der Waals surface area contributed by atoms with Crippen LogP contribution < -0.4 is 15.4 Å². The summed E-state index contributed by atoms with van der Waals surface area (Å²) in [6.45, 7) is 4.80. The van der Waals surface area contributed by atoms with Gasteiger partial charge >= 0.3 is 0 Å². The first-order valence-electron chi connectivity index (χ1n) is 8.82. The molecular weight excluding hydrogens is 480 g/mol. The monoisotopic (exact) mass is 505 g/mol. The zero-order valence-corrected chi connectivity index (χ0v) is 18.4. The SMILES string of the molecule is CCNC(=NCCc1cccs1)NCCc1cc(F)cc2c1OCOC2.I. The Hall–Kier alpha value is -1.39. The summed E-state index contributed by atoms with van der Waals surface area (Å²) in [5.74, 6) is 1.27. The lowest BCUT2D eigenvalue weighted by Crippen LogP contribution is -2.38. The van der Waals surface area contributed by atoms with Gasteiger partial charge in [-0.2, -0.15) is 0 Å². The Morgan fingerprint density at radius 1 is 1.30 bits per heavy atom. The van der Waals surface area contributed by atoms with Crippen LogP contribution in [0.15, 0.2) is 34.6 Å². The van der Waals surface area contributed by atoms with E-state index in [-0.39, 0.29) is 36.6 Å². The Labute approximate surface area is 180 Å². The number of thiophene rings is 1. The second kappa shape index (κ2) is 11.5. The summed E-state index contributed by atoms with van der Waals surface area (Å²) in [5, 5.41) is 8.63. The molecule has 1 aromatic carbocycles. The summed E-state index contributed by atoms with van der Waals surface area (Å²) in [4.78, 5) is 5.93. The zero-order valence-electron chi connectivity index (χ0n) is 15.3. The Morgan fingerprint density at radius 3 is 2.96 bits per heavy atom. The van der Waals surface area contributed by atoms with E-state index in [1.54, 1.807) is 11.3 Å². The third-order valence-electron chi connectivity index (χ3n) is 3.99. The van der Waals surface area contributed by atoms with Crippen LogP contribution >= 0.6 is 35.3 Å². The molecule has 0 atom stereocenters. The molecule has 2 heterocycles. The van der Waals surface area contributed by atoms with E-state index < -0.39 is 0 Å². The summed E-state index contributed by atoms with van der Waals surface area (Å²) in [6.07, 6.45) is 1.58. The van der Waals surface area contributed by atoms with Crippen molar-refractivity contribution in [1.29, 1.82) is 0 Å². The van der Waals surface area contributed by atoms with E-state index in [4.69, 9.17) is 9.47 Å². The molecule has 1 aromatic heterocycles. The Morgan fingerprint density at radius 2 is 2.19 bits per heavy atom. The number of fused-ring (bicyclic) bond motifs is 1. The van der Waals surface area contributed by atoms with Crippen LogP contribution in [0.3, 0.4) is 0 Å². The van der Waals surface area contributed by atoms with Crippen molar-refractivity contribution in [2.75, 3.05) is 26.4 Å². The number of guanidine groups is 1. The molecule has 8 heteroatoms. The molecule has 3 rings (SSSR count). The normalized spacial score (nSPS) is 13.3. The van der Waals surface area contributed by atoms with Crippen LogP contribution in [-0.2, 0) is 24.2 Å². The van der Waals surface area contributed by atoms with Gasteiger partial charge in [0.15, 0.2) is 12.8 Å². The summed E-state index contributed by atoms with van der Waals surface area (Å²) in [7, 11) is 0. The standard InChI is InChI=1S/C19H24FN3O2S.HI/c1-2-21-19(23-8-6-17-4-3-9-26-17)22-7-5-14-10-16(20)11-15-12-24-13-25-18(14)15;/h3-4,9-11H,2,5-8,12-13H2,1H3,(H2,21,22,23);1H. The number of nitrogens with zero attached hydrogens (tertiary/aromatic N) is 1. The number of hydrogen-bond donors (Lipinski definition) is 2. The maximum atomic E-state index is 13.8. The van der Waals surface area contributed by atoms with Crippen molar-refractivity contribution in [3.05, 3.63) is 51.5 Å². The minimum atomic E-state index is -0.260. The Bertz CT molecular complexity index is 741. The molecule has 5 nitrogen and oxygen atoms in total. The van der Waals surface area contributed by atoms with Crippen molar-refractivity contribution in [3.63, 3.8) is 0 Å². The molecule has 0 amide bonds. The van der Waals surface area contributed by atoms with Crippen LogP contribution in [0, 0.1) is 5.82 Å². The van der Waals surface area contributed by atoms with Crippen LogP contribution in [0.1, 0.15) is 22.9 Å². The van der Waals surface area contributed by atoms with Gasteiger partial charge in [-0.3, -0.25) is 4.99 Å². The third kappa shape index (κ3) is 6.62. The van der Waals surface area contributed by atoms with Crippen molar-refractivity contribution in [1.82, 2.24) is 10.6 Å². The van der Waals surface area contributed by atoms with E-state index in [1.807, 2.05) is 6.92 Å². The fourth-order valence-corrected chi connectivity index (χ4v) is 3.53. The van der Waals surface area contributed by atoms with Gasteiger partial charge in [0.1, 0.15) is 11.6 Å². The topological polar surface area (TPSA) is 54.9 Å². The molecule has 0 radical (unpaired) electrons. The molecule has 27 heavy (non-hydrogen) atoms. The molecule has 148 valence electrons. The van der Waals surface area contributed by atoms with Crippen molar-refractivity contribution in [2.24, 2.45) is 4.99 Å². The summed E-state index contributed by atoms with van der Waals surface area (Å²) >= 11 is 1.75. The van der Waals surface area contributed by atoms with Gasteiger partial charge in [0.25, 0.3) is 0 Å². The molecule has 0 unspecified atom stereocenters. The fourth-order valence-electron chi connectivity index (χ4n) is 2.83. The Kier molecular flexibility index (Phi) is 9.29. The first-order valence-corrected chi connectivity index (χ1v) is 9.70. The van der Waals surface area contributed by atoms with Crippen molar-refractivity contribution in [2.45, 2.75) is 26.4 Å². The van der Waals surface area contributed by atoms with Gasteiger partial charge < -0.3 is 20.1 Å². The lowest BCUT2D eigenvalue weighted by atomic mass is 10.1. The van der Waals surface area contributed by atoms with Gasteiger partial charge in [-0.25, -0.2) is 4.39 Å². The molecule has 1 aliphatic rings. The van der Waals surface area contributed by atoms with E-state index in [0.29, 0.717) is 19.6 Å². The number of ether oxygens (including phenoxy) is 2. The number of halogens is 2. The van der Waals surface area contributed by atoms with E-state index in [1.165, 1.54) is 17.0 Å². The third-order valence-corrected chi connectivity index (χ3v) is 4.93. The molecule has 1 aliphatic heterocycles. The van der Waals surface area contributed by atoms with Crippen LogP contribution in [0.5, 0.6) is 5.75 Å². The highest BCUT2D eigenvalue weighted by Crippen LogP contribution is 2.29. The highest BCUT2D eigenvalue weighted by molar-refractivity contribution is 14.0. The molecular formula is C19H25FIN3O2S. The molecule has 0 bridgehead atoms. The number of rotatable bonds is 7. The van der Waals surface area contributed by atoms with Crippen LogP contribution in [0.4, 0.5) is 4.39 Å². The predicted octanol–water partition coefficient (Wildman–Crippen LogP) is 3.71. The van der Waals surface area contributed by atoms with Crippen molar-refractivity contribution in [3.8, 4) is 5.75 Å². The number of aliphatic imine (C=N–C) groups is 1. The van der Waals surface area contributed by atoms with E-state index in [0.717, 1.165) is 42.3 Å². The molecule has 0 fully saturated rings. The maximum Gasteiger partial charge on any atom is 0.191 e. The average molecular weight is 505 g/mol. The molecule has 0 spiro atoms. The van der Waals surface area contributed by atoms with Gasteiger partial charge in [0, 0.05) is 36.5 Å². The van der Waals surface area contributed by atoms with Gasteiger partial charge in [-0.05, 0) is 42.5 Å². The van der Waals surface area contributed by atoms with E-state index in [9.17, 15) is 4.39 Å². The molecule has 0 aliphatic carbocycles. The lowest BCUT2D eigenvalue weighted by Gasteiger charge is -2.21. The minimum Gasteiger partial charge on any atom is -0.467 e. The average Bonchev–Trinajstić information content (AvgIpc) is 3.15. The first-order chi connectivity index (χ1) is 12.8. The second-order valence-electron chi connectivity index (χ2n) is 5.93. The number of benzene rings is 1. The molecule has 0 saturated carbocycles. The number of nitrogens with one attached hydrogen (secondary N) is 2. The highest BCUT2D eigenvalue weighted by atomic mass is 127. The molecule has 2 N–H and O–H groups in total. The van der Waals surface area contributed by atoms with Gasteiger partial charge in [-0.1, -0.05) is 6.07 Å². The zero-order chi connectivity index (χ0) is 18.2. The second-order valence-corrected chi connectivity index (χ2v) is 6.96. The van der Waals surface area contributed by atoms with E-state index >= 15 is 0 Å². The first kappa shape index (κ1) is 21.9. The lowest BCUT2D eigenvalue weighted by molar-refractivity contribution is -0.0172. The number of hydrogen-bond acceptors (Lipinski definition) is 4. The fraction of sp³-hybridized carbons (Fsp3) is 0.421. The van der Waals surface area contributed by atoms with Gasteiger partial charge in [-0.15, -0.1) is 35.3 Å². The van der Waals surface area contributed by atoms with Crippen LogP contribution in [0.25, 0.3) is 0 Å². The molecule has 0 saturated heterocycles. The van der Waals surface area contributed by atoms with Gasteiger partial charge in [0.2, 0.25) is 0 Å². The van der Waals surface area contributed by atoms with Crippen molar-refractivity contribution < 1.29 is 13.9 Å². The quantitative estimate of drug-likeness (QED) is 0.343. The minimum absolute atomic E-state index is 0.